The number of nitrogens with zero attached hydrogens (tertiary/aromatic N) is 1. The highest BCUT2D eigenvalue weighted by Gasteiger charge is 2.22. The first kappa shape index (κ1) is 19.4. The molecule has 27 heavy (non-hydrogen) atoms. The van der Waals surface area contributed by atoms with E-state index in [9.17, 15) is 4.79 Å². The van der Waals surface area contributed by atoms with E-state index >= 15 is 0 Å². The van der Waals surface area contributed by atoms with Crippen LogP contribution in [0.15, 0.2) is 54.6 Å². The van der Waals surface area contributed by atoms with Crippen molar-refractivity contribution in [3.63, 3.8) is 0 Å². The van der Waals surface area contributed by atoms with Gasteiger partial charge in [-0.25, -0.2) is 0 Å². The van der Waals surface area contributed by atoms with Crippen molar-refractivity contribution in [2.24, 2.45) is 0 Å². The van der Waals surface area contributed by atoms with E-state index in [1.165, 1.54) is 24.8 Å². The Morgan fingerprint density at radius 2 is 1.67 bits per heavy atom. The van der Waals surface area contributed by atoms with Gasteiger partial charge < -0.3 is 10.1 Å². The van der Waals surface area contributed by atoms with Crippen molar-refractivity contribution in [2.75, 3.05) is 19.6 Å². The zero-order valence-electron chi connectivity index (χ0n) is 16.4. The van der Waals surface area contributed by atoms with Gasteiger partial charge in [0.25, 0.3) is 5.91 Å². The lowest BCUT2D eigenvalue weighted by Gasteiger charge is -2.35. The Labute approximate surface area is 162 Å². The first-order valence-electron chi connectivity index (χ1n) is 9.97. The van der Waals surface area contributed by atoms with Crippen LogP contribution in [0.5, 0.6) is 5.75 Å². The summed E-state index contributed by atoms with van der Waals surface area (Å²) in [6, 6.07) is 18.1. The maximum atomic E-state index is 12.6. The highest BCUT2D eigenvalue weighted by Crippen LogP contribution is 2.24. The van der Waals surface area contributed by atoms with E-state index in [1.807, 2.05) is 44.2 Å². The summed E-state index contributed by atoms with van der Waals surface area (Å²) in [4.78, 5) is 15.1. The van der Waals surface area contributed by atoms with Crippen LogP contribution >= 0.6 is 0 Å². The molecule has 1 unspecified atom stereocenters. The molecule has 1 N–H and O–H groups in total. The molecular formula is C23H30N2O2. The average molecular weight is 367 g/mol. The van der Waals surface area contributed by atoms with Gasteiger partial charge in [-0.15, -0.1) is 0 Å². The summed E-state index contributed by atoms with van der Waals surface area (Å²) in [6.07, 6.45) is 3.89. The summed E-state index contributed by atoms with van der Waals surface area (Å²) < 4.78 is 5.65. The van der Waals surface area contributed by atoms with Gasteiger partial charge in [0.15, 0.2) is 0 Å². The Balaban J connectivity index is 1.64. The maximum absolute atomic E-state index is 12.6. The van der Waals surface area contributed by atoms with Crippen molar-refractivity contribution in [1.82, 2.24) is 10.2 Å². The molecular weight excluding hydrogens is 336 g/mol. The summed E-state index contributed by atoms with van der Waals surface area (Å²) in [5, 5.41) is 3.13. The molecule has 0 radical (unpaired) electrons. The minimum absolute atomic E-state index is 0.0379. The molecule has 1 aliphatic heterocycles. The molecule has 1 fully saturated rings. The number of carbonyl (C=O) groups is 1. The van der Waals surface area contributed by atoms with Crippen molar-refractivity contribution in [1.29, 1.82) is 0 Å². The Hall–Kier alpha value is -2.33. The van der Waals surface area contributed by atoms with Crippen LogP contribution in [-0.2, 0) is 0 Å². The highest BCUT2D eigenvalue weighted by molar-refractivity contribution is 5.94. The van der Waals surface area contributed by atoms with E-state index in [4.69, 9.17) is 4.74 Å². The molecule has 0 spiro atoms. The lowest BCUT2D eigenvalue weighted by Crippen LogP contribution is -2.40. The van der Waals surface area contributed by atoms with Crippen LogP contribution in [-0.4, -0.2) is 36.5 Å². The number of amides is 1. The summed E-state index contributed by atoms with van der Waals surface area (Å²) >= 11 is 0. The van der Waals surface area contributed by atoms with Gasteiger partial charge in [0.05, 0.1) is 12.1 Å². The molecule has 0 aromatic heterocycles. The quantitative estimate of drug-likeness (QED) is 0.788. The summed E-state index contributed by atoms with van der Waals surface area (Å²) in [5.74, 6) is 0.751. The lowest BCUT2D eigenvalue weighted by molar-refractivity contribution is 0.0924. The predicted octanol–water partition coefficient (Wildman–Crippen LogP) is 4.43. The molecule has 144 valence electrons. The summed E-state index contributed by atoms with van der Waals surface area (Å²) in [6.45, 7) is 6.79. The van der Waals surface area contributed by atoms with Gasteiger partial charge in [-0.2, -0.15) is 0 Å². The third-order valence-corrected chi connectivity index (χ3v) is 4.96. The van der Waals surface area contributed by atoms with Gasteiger partial charge >= 0.3 is 0 Å². The van der Waals surface area contributed by atoms with Gasteiger partial charge in [-0.3, -0.25) is 9.69 Å². The number of nitrogens with one attached hydrogen (secondary N) is 1. The van der Waals surface area contributed by atoms with Crippen LogP contribution in [0.4, 0.5) is 0 Å². The Morgan fingerprint density at radius 1 is 1.00 bits per heavy atom. The lowest BCUT2D eigenvalue weighted by atomic mass is 10.0. The molecule has 2 aromatic carbocycles. The molecule has 0 saturated carbocycles. The predicted molar refractivity (Wildman–Crippen MR) is 109 cm³/mol. The van der Waals surface area contributed by atoms with E-state index in [0.717, 1.165) is 18.8 Å². The van der Waals surface area contributed by atoms with Crippen molar-refractivity contribution in [3.05, 3.63) is 65.7 Å². The Morgan fingerprint density at radius 3 is 2.30 bits per heavy atom. The fourth-order valence-corrected chi connectivity index (χ4v) is 3.61. The number of hydrogen-bond donors (Lipinski definition) is 1. The van der Waals surface area contributed by atoms with Crippen molar-refractivity contribution in [3.8, 4) is 5.75 Å². The van der Waals surface area contributed by atoms with Gasteiger partial charge in [-0.1, -0.05) is 36.8 Å². The van der Waals surface area contributed by atoms with E-state index in [1.54, 1.807) is 0 Å². The van der Waals surface area contributed by atoms with Gasteiger partial charge in [0.2, 0.25) is 0 Å². The normalized spacial score (nSPS) is 16.1. The maximum Gasteiger partial charge on any atom is 0.251 e. The van der Waals surface area contributed by atoms with E-state index in [-0.39, 0.29) is 18.1 Å². The van der Waals surface area contributed by atoms with Gasteiger partial charge in [0.1, 0.15) is 5.75 Å². The molecule has 1 saturated heterocycles. The van der Waals surface area contributed by atoms with Crippen LogP contribution in [0.3, 0.4) is 0 Å². The number of carbonyl (C=O) groups excluding carboxylic acids is 1. The van der Waals surface area contributed by atoms with Crippen LogP contribution in [0, 0.1) is 0 Å². The van der Waals surface area contributed by atoms with E-state index in [2.05, 4.69) is 34.5 Å². The van der Waals surface area contributed by atoms with E-state index in [0.29, 0.717) is 12.1 Å². The molecule has 1 heterocycles. The molecule has 1 aliphatic rings. The second-order valence-corrected chi connectivity index (χ2v) is 7.42. The molecule has 1 atom stereocenters. The highest BCUT2D eigenvalue weighted by atomic mass is 16.5. The summed E-state index contributed by atoms with van der Waals surface area (Å²) in [7, 11) is 0. The van der Waals surface area contributed by atoms with Crippen molar-refractivity contribution < 1.29 is 9.53 Å². The van der Waals surface area contributed by atoms with Crippen LogP contribution in [0.25, 0.3) is 0 Å². The van der Waals surface area contributed by atoms with Gasteiger partial charge in [-0.05, 0) is 69.6 Å². The molecule has 3 rings (SSSR count). The van der Waals surface area contributed by atoms with Gasteiger partial charge in [0, 0.05) is 12.1 Å². The Bertz CT molecular complexity index is 707. The van der Waals surface area contributed by atoms with Crippen LogP contribution in [0.1, 0.15) is 55.1 Å². The fourth-order valence-electron chi connectivity index (χ4n) is 3.61. The van der Waals surface area contributed by atoms with Crippen LogP contribution in [0.2, 0.25) is 0 Å². The molecule has 0 aliphatic carbocycles. The largest absolute Gasteiger partial charge is 0.491 e. The average Bonchev–Trinajstić information content (AvgIpc) is 2.70. The van der Waals surface area contributed by atoms with Crippen molar-refractivity contribution >= 4 is 5.91 Å². The minimum atomic E-state index is -0.0379. The van der Waals surface area contributed by atoms with E-state index < -0.39 is 0 Å². The number of hydrogen-bond acceptors (Lipinski definition) is 3. The standard InChI is InChI=1S/C23H30N2O2/c1-18(2)27-21-13-11-20(12-14-21)23(26)24-17-22(19-9-5-3-6-10-19)25-15-7-4-8-16-25/h3,5-6,9-14,18,22H,4,7-8,15-17H2,1-2H3,(H,24,26). The van der Waals surface area contributed by atoms with Crippen molar-refractivity contribution in [2.45, 2.75) is 45.3 Å². The molecule has 4 heteroatoms. The third-order valence-electron chi connectivity index (χ3n) is 4.96. The number of benzene rings is 2. The monoisotopic (exact) mass is 366 g/mol. The van der Waals surface area contributed by atoms with Crippen LogP contribution < -0.4 is 10.1 Å². The fraction of sp³-hybridized carbons (Fsp3) is 0.435. The third kappa shape index (κ3) is 5.57. The number of piperidine rings is 1. The topological polar surface area (TPSA) is 41.6 Å². The number of likely N-dealkylation sites (tertiary alicyclic amines) is 1. The molecule has 1 amide bonds. The zero-order chi connectivity index (χ0) is 19.1. The molecule has 4 nitrogen and oxygen atoms in total. The summed E-state index contributed by atoms with van der Waals surface area (Å²) in [5.41, 5.74) is 1.93. The molecule has 2 aromatic rings. The number of ether oxygens (including phenoxy) is 1. The first-order valence-corrected chi connectivity index (χ1v) is 9.97. The minimum Gasteiger partial charge on any atom is -0.491 e. The first-order chi connectivity index (χ1) is 13.1. The zero-order valence-corrected chi connectivity index (χ0v) is 16.4. The molecule has 0 bridgehead atoms. The second kappa shape index (κ2) is 9.56. The second-order valence-electron chi connectivity index (χ2n) is 7.42. The Kier molecular flexibility index (Phi) is 6.88. The SMILES string of the molecule is CC(C)Oc1ccc(C(=O)NCC(c2ccccc2)N2CCCCC2)cc1. The number of rotatable bonds is 7. The smallest absolute Gasteiger partial charge is 0.251 e.